The van der Waals surface area contributed by atoms with E-state index < -0.39 is 0 Å². The average molecular weight is 155 g/mol. The number of aliphatic imine (C=N–C) groups is 1. The Bertz CT molecular complexity index is 361. The van der Waals surface area contributed by atoms with E-state index in [1.807, 2.05) is 0 Å². The Morgan fingerprint density at radius 2 is 1.67 bits per heavy atom. The van der Waals surface area contributed by atoms with E-state index in [1.165, 1.54) is 0 Å². The largest absolute Gasteiger partial charge is 0.288 e. The van der Waals surface area contributed by atoms with Crippen molar-refractivity contribution in [1.29, 1.82) is 0 Å². The third-order valence-electron chi connectivity index (χ3n) is 1.39. The molecular weight excluding hydrogens is 150 g/mol. The highest BCUT2D eigenvalue weighted by Crippen LogP contribution is 2.36. The zero-order valence-corrected chi connectivity index (χ0v) is 6.28. The second kappa shape index (κ2) is 3.32. The van der Waals surface area contributed by atoms with E-state index in [4.69, 9.17) is 13.1 Å². The van der Waals surface area contributed by atoms with Crippen LogP contribution in [0.2, 0.25) is 0 Å². The minimum atomic E-state index is 0.374. The lowest BCUT2D eigenvalue weighted by molar-refractivity contribution is 1.57. The van der Waals surface area contributed by atoms with Crippen LogP contribution >= 0.6 is 0 Å². The zero-order valence-electron chi connectivity index (χ0n) is 6.28. The second-order valence-electron chi connectivity index (χ2n) is 2.03. The van der Waals surface area contributed by atoms with Gasteiger partial charge < -0.3 is 0 Å². The van der Waals surface area contributed by atoms with Crippen molar-refractivity contribution in [2.24, 2.45) is 4.99 Å². The van der Waals surface area contributed by atoms with Crippen LogP contribution in [0.25, 0.3) is 9.69 Å². The molecule has 0 saturated carbocycles. The monoisotopic (exact) mass is 155 g/mol. The van der Waals surface area contributed by atoms with Crippen LogP contribution in [-0.2, 0) is 0 Å². The maximum absolute atomic E-state index is 6.79. The minimum Gasteiger partial charge on any atom is -0.288 e. The Labute approximate surface area is 70.6 Å². The van der Waals surface area contributed by atoms with Gasteiger partial charge in [0.2, 0.25) is 11.4 Å². The summed E-state index contributed by atoms with van der Waals surface area (Å²) < 4.78 is 0. The highest BCUT2D eigenvalue weighted by atomic mass is 14.8. The van der Waals surface area contributed by atoms with Gasteiger partial charge in [-0.05, 0) is 6.72 Å². The normalized spacial score (nSPS) is 8.17. The van der Waals surface area contributed by atoms with Crippen LogP contribution < -0.4 is 0 Å². The summed E-state index contributed by atoms with van der Waals surface area (Å²) in [4.78, 5) is 10.1. The second-order valence-corrected chi connectivity index (χ2v) is 2.03. The van der Waals surface area contributed by atoms with Gasteiger partial charge in [0.05, 0.1) is 18.8 Å². The third kappa shape index (κ3) is 1.16. The molecule has 0 spiro atoms. The lowest BCUT2D eigenvalue weighted by atomic mass is 10.2. The SMILES string of the molecule is [C-]#[N+]c1cccc([N+]#[C-])c1N=C. The average Bonchev–Trinajstić information content (AvgIpc) is 2.16. The summed E-state index contributed by atoms with van der Waals surface area (Å²) in [6.45, 7) is 16.9. The maximum atomic E-state index is 6.79. The van der Waals surface area contributed by atoms with Gasteiger partial charge in [0.25, 0.3) is 0 Å². The molecule has 0 bridgehead atoms. The Kier molecular flexibility index (Phi) is 2.20. The molecule has 0 amide bonds. The fourth-order valence-corrected chi connectivity index (χ4v) is 0.862. The summed E-state index contributed by atoms with van der Waals surface area (Å²) in [6, 6.07) is 4.90. The first-order valence-electron chi connectivity index (χ1n) is 3.18. The Hall–Kier alpha value is -2.13. The van der Waals surface area contributed by atoms with Crippen LogP contribution in [0.3, 0.4) is 0 Å². The predicted molar refractivity (Wildman–Crippen MR) is 48.2 cm³/mol. The smallest absolute Gasteiger partial charge is 0.201 e. The number of rotatable bonds is 1. The quantitative estimate of drug-likeness (QED) is 0.439. The van der Waals surface area contributed by atoms with Crippen molar-refractivity contribution in [3.05, 3.63) is 41.0 Å². The summed E-state index contributed by atoms with van der Waals surface area (Å²) in [6.07, 6.45) is 0. The van der Waals surface area contributed by atoms with E-state index in [-0.39, 0.29) is 0 Å². The predicted octanol–water partition coefficient (Wildman–Crippen LogP) is 3.12. The number of para-hydroxylation sites is 1. The van der Waals surface area contributed by atoms with Gasteiger partial charge in [-0.2, -0.15) is 0 Å². The number of hydrogen-bond acceptors (Lipinski definition) is 1. The summed E-state index contributed by atoms with van der Waals surface area (Å²) in [5.74, 6) is 0. The van der Waals surface area contributed by atoms with Gasteiger partial charge in [-0.25, -0.2) is 9.69 Å². The molecule has 1 rings (SSSR count). The molecular formula is C9H5N3. The fraction of sp³-hybridized carbons (Fsp3) is 0. The lowest BCUT2D eigenvalue weighted by Gasteiger charge is -1.97. The van der Waals surface area contributed by atoms with Crippen molar-refractivity contribution >= 4 is 23.8 Å². The van der Waals surface area contributed by atoms with E-state index in [1.54, 1.807) is 18.2 Å². The molecule has 3 heteroatoms. The highest BCUT2D eigenvalue weighted by molar-refractivity contribution is 5.82. The van der Waals surface area contributed by atoms with Crippen LogP contribution in [0.15, 0.2) is 23.2 Å². The molecule has 0 aromatic heterocycles. The van der Waals surface area contributed by atoms with E-state index in [9.17, 15) is 0 Å². The molecule has 0 aliphatic heterocycles. The van der Waals surface area contributed by atoms with E-state index >= 15 is 0 Å². The first-order chi connectivity index (χ1) is 5.83. The van der Waals surface area contributed by atoms with E-state index in [0.717, 1.165) is 0 Å². The summed E-state index contributed by atoms with van der Waals surface area (Å²) in [5.41, 5.74) is 1.12. The Balaban J connectivity index is 3.47. The summed E-state index contributed by atoms with van der Waals surface area (Å²) >= 11 is 0. The molecule has 56 valence electrons. The molecule has 3 nitrogen and oxygen atoms in total. The Morgan fingerprint density at radius 1 is 1.17 bits per heavy atom. The zero-order chi connectivity index (χ0) is 8.97. The minimum absolute atomic E-state index is 0.374. The number of nitrogens with zero attached hydrogens (tertiary/aromatic N) is 3. The fourth-order valence-electron chi connectivity index (χ4n) is 0.862. The van der Waals surface area contributed by atoms with Gasteiger partial charge in [-0.15, -0.1) is 0 Å². The van der Waals surface area contributed by atoms with Crippen LogP contribution in [0, 0.1) is 13.1 Å². The van der Waals surface area contributed by atoms with Crippen molar-refractivity contribution in [2.45, 2.75) is 0 Å². The Morgan fingerprint density at radius 3 is 2.00 bits per heavy atom. The van der Waals surface area contributed by atoms with Gasteiger partial charge in [0.15, 0.2) is 0 Å². The van der Waals surface area contributed by atoms with Crippen LogP contribution in [0.4, 0.5) is 17.1 Å². The molecule has 0 N–H and O–H groups in total. The van der Waals surface area contributed by atoms with Crippen molar-refractivity contribution in [1.82, 2.24) is 0 Å². The van der Waals surface area contributed by atoms with E-state index in [0.29, 0.717) is 17.1 Å². The molecule has 0 heterocycles. The topological polar surface area (TPSA) is 21.1 Å². The standard InChI is InChI=1S/C9H5N3/c1-10-7-5-4-6-8(11-2)9(7)12-3/h4-6H,3H2. The van der Waals surface area contributed by atoms with Crippen molar-refractivity contribution in [3.8, 4) is 0 Å². The third-order valence-corrected chi connectivity index (χ3v) is 1.39. The molecule has 0 fully saturated rings. The first-order valence-corrected chi connectivity index (χ1v) is 3.18. The molecule has 1 aromatic rings. The van der Waals surface area contributed by atoms with Gasteiger partial charge in [0, 0.05) is 0 Å². The van der Waals surface area contributed by atoms with Gasteiger partial charge in [-0.3, -0.25) is 4.99 Å². The van der Waals surface area contributed by atoms with Crippen LogP contribution in [-0.4, -0.2) is 6.72 Å². The lowest BCUT2D eigenvalue weighted by Crippen LogP contribution is -1.65. The molecule has 12 heavy (non-hydrogen) atoms. The van der Waals surface area contributed by atoms with Crippen molar-refractivity contribution in [2.75, 3.05) is 0 Å². The molecule has 0 radical (unpaired) electrons. The van der Waals surface area contributed by atoms with Crippen LogP contribution in [0.1, 0.15) is 0 Å². The van der Waals surface area contributed by atoms with E-state index in [2.05, 4.69) is 21.4 Å². The highest BCUT2D eigenvalue weighted by Gasteiger charge is 2.04. The van der Waals surface area contributed by atoms with Crippen molar-refractivity contribution in [3.63, 3.8) is 0 Å². The van der Waals surface area contributed by atoms with Gasteiger partial charge in [0.1, 0.15) is 0 Å². The number of hydrogen-bond donors (Lipinski definition) is 0. The molecule has 1 aromatic carbocycles. The molecule has 0 saturated heterocycles. The molecule has 0 atom stereocenters. The maximum Gasteiger partial charge on any atom is 0.201 e. The molecule has 0 aliphatic carbocycles. The van der Waals surface area contributed by atoms with Crippen LogP contribution in [0.5, 0.6) is 0 Å². The summed E-state index contributed by atoms with van der Waals surface area (Å²) in [7, 11) is 0. The van der Waals surface area contributed by atoms with Gasteiger partial charge in [-0.1, -0.05) is 18.2 Å². The first kappa shape index (κ1) is 7.97. The van der Waals surface area contributed by atoms with Crippen molar-refractivity contribution < 1.29 is 0 Å². The number of benzene rings is 1. The molecule has 0 aliphatic rings. The molecule has 0 unspecified atom stereocenters. The van der Waals surface area contributed by atoms with Gasteiger partial charge >= 0.3 is 0 Å². The summed E-state index contributed by atoms with van der Waals surface area (Å²) in [5, 5.41) is 0.